The highest BCUT2D eigenvalue weighted by Crippen LogP contribution is 2.30. The molecule has 2 unspecified atom stereocenters. The summed E-state index contributed by atoms with van der Waals surface area (Å²) in [5, 5.41) is 18.6. The number of nitrogens with zero attached hydrogens (tertiary/aromatic N) is 1. The van der Waals surface area contributed by atoms with Gasteiger partial charge in [-0.25, -0.2) is 0 Å². The fourth-order valence-electron chi connectivity index (χ4n) is 7.15. The van der Waals surface area contributed by atoms with Crippen molar-refractivity contribution in [3.05, 3.63) is 48.0 Å². The molecular formula is C33H45N5O6. The molecule has 0 spiro atoms. The Balaban J connectivity index is 1.37. The van der Waals surface area contributed by atoms with Crippen LogP contribution in [0.3, 0.4) is 0 Å². The highest BCUT2D eigenvalue weighted by Gasteiger charge is 2.47. The van der Waals surface area contributed by atoms with E-state index >= 15 is 0 Å². The van der Waals surface area contributed by atoms with Gasteiger partial charge in [-0.05, 0) is 60.9 Å². The molecule has 238 valence electrons. The normalized spacial score (nSPS) is 26.0. The Morgan fingerprint density at radius 3 is 2.50 bits per heavy atom. The molecule has 3 aliphatic rings. The Hall–Kier alpha value is -3.54. The van der Waals surface area contributed by atoms with Crippen LogP contribution in [-0.2, 0) is 19.1 Å². The Kier molecular flexibility index (Phi) is 10.2. The van der Waals surface area contributed by atoms with Crippen LogP contribution in [-0.4, -0.2) is 83.2 Å². The molecule has 4 amide bonds. The summed E-state index contributed by atoms with van der Waals surface area (Å²) in [5.41, 5.74) is 10.9. The third-order valence-corrected chi connectivity index (χ3v) is 9.60. The highest BCUT2D eigenvalue weighted by atomic mass is 16.5. The van der Waals surface area contributed by atoms with Crippen molar-refractivity contribution in [1.29, 1.82) is 0 Å². The van der Waals surface area contributed by atoms with Gasteiger partial charge in [0.15, 0.2) is 6.10 Å². The molecule has 0 aromatic heterocycles. The summed E-state index contributed by atoms with van der Waals surface area (Å²) in [4.78, 5) is 55.2. The van der Waals surface area contributed by atoms with Crippen molar-refractivity contribution in [1.82, 2.24) is 15.5 Å². The number of carbonyl (C=O) groups is 4. The summed E-state index contributed by atoms with van der Waals surface area (Å²) in [6.07, 6.45) is 5.36. The SMILES string of the molecule is NC(=O)C(O)C1(NC(=O)[C@@H]2C[C@H](N)CN2C(=O)[C@@H](CC2CCCCC2)NC(=O)c2ccc3ccccc3c2)CCCOCC1. The molecule has 3 fully saturated rings. The fraction of sp³-hybridized carbons (Fsp3) is 0.576. The summed E-state index contributed by atoms with van der Waals surface area (Å²) in [6.45, 7) is 0.821. The van der Waals surface area contributed by atoms with Gasteiger partial charge in [-0.1, -0.05) is 62.4 Å². The van der Waals surface area contributed by atoms with E-state index in [-0.39, 0.29) is 43.7 Å². The number of benzene rings is 2. The van der Waals surface area contributed by atoms with Gasteiger partial charge < -0.3 is 36.8 Å². The molecule has 2 aromatic carbocycles. The molecule has 5 rings (SSSR count). The van der Waals surface area contributed by atoms with E-state index in [4.69, 9.17) is 16.2 Å². The average Bonchev–Trinajstić information content (AvgIpc) is 3.27. The lowest BCUT2D eigenvalue weighted by molar-refractivity contribution is -0.143. The number of primary amides is 1. The van der Waals surface area contributed by atoms with Gasteiger partial charge in [-0.3, -0.25) is 19.2 Å². The Bertz CT molecular complexity index is 1350. The van der Waals surface area contributed by atoms with E-state index in [9.17, 15) is 24.3 Å². The summed E-state index contributed by atoms with van der Waals surface area (Å²) < 4.78 is 5.52. The van der Waals surface area contributed by atoms with E-state index in [1.54, 1.807) is 6.07 Å². The number of likely N-dealkylation sites (tertiary alicyclic amines) is 1. The molecule has 0 bridgehead atoms. The Morgan fingerprint density at radius 2 is 1.75 bits per heavy atom. The second-order valence-electron chi connectivity index (χ2n) is 12.7. The van der Waals surface area contributed by atoms with E-state index < -0.39 is 41.6 Å². The van der Waals surface area contributed by atoms with Crippen LogP contribution in [0.4, 0.5) is 0 Å². The fourth-order valence-corrected chi connectivity index (χ4v) is 7.15. The van der Waals surface area contributed by atoms with E-state index in [1.165, 1.54) is 4.90 Å². The van der Waals surface area contributed by atoms with Crippen molar-refractivity contribution in [2.45, 2.75) is 94.0 Å². The van der Waals surface area contributed by atoms with Crippen LogP contribution in [0.25, 0.3) is 10.8 Å². The van der Waals surface area contributed by atoms with Crippen molar-refractivity contribution in [3.63, 3.8) is 0 Å². The minimum atomic E-state index is -1.62. The number of nitrogens with two attached hydrogens (primary N) is 2. The molecule has 2 aliphatic heterocycles. The maximum absolute atomic E-state index is 14.3. The van der Waals surface area contributed by atoms with Gasteiger partial charge in [-0.15, -0.1) is 0 Å². The number of aliphatic hydroxyl groups excluding tert-OH is 1. The third kappa shape index (κ3) is 7.22. The van der Waals surface area contributed by atoms with Crippen LogP contribution in [0.1, 0.15) is 74.6 Å². The molecule has 1 saturated carbocycles. The molecule has 2 saturated heterocycles. The van der Waals surface area contributed by atoms with Gasteiger partial charge in [0.05, 0.1) is 5.54 Å². The second kappa shape index (κ2) is 14.0. The van der Waals surface area contributed by atoms with Gasteiger partial charge in [-0.2, -0.15) is 0 Å². The van der Waals surface area contributed by atoms with Crippen molar-refractivity contribution < 1.29 is 29.0 Å². The third-order valence-electron chi connectivity index (χ3n) is 9.60. The van der Waals surface area contributed by atoms with Crippen molar-refractivity contribution in [2.24, 2.45) is 17.4 Å². The first-order valence-corrected chi connectivity index (χ1v) is 15.9. The molecule has 0 radical (unpaired) electrons. The van der Waals surface area contributed by atoms with Gasteiger partial charge in [0, 0.05) is 31.4 Å². The van der Waals surface area contributed by atoms with Crippen LogP contribution in [0.2, 0.25) is 0 Å². The maximum atomic E-state index is 14.3. The van der Waals surface area contributed by atoms with Crippen molar-refractivity contribution in [3.8, 4) is 0 Å². The summed E-state index contributed by atoms with van der Waals surface area (Å²) in [5.74, 6) is -1.88. The summed E-state index contributed by atoms with van der Waals surface area (Å²) in [7, 11) is 0. The first-order valence-electron chi connectivity index (χ1n) is 15.9. The molecule has 2 heterocycles. The molecule has 7 N–H and O–H groups in total. The lowest BCUT2D eigenvalue weighted by Gasteiger charge is -2.38. The number of hydrogen-bond donors (Lipinski definition) is 5. The van der Waals surface area contributed by atoms with Crippen LogP contribution >= 0.6 is 0 Å². The van der Waals surface area contributed by atoms with E-state index in [2.05, 4.69) is 10.6 Å². The molecule has 11 heteroatoms. The zero-order valence-corrected chi connectivity index (χ0v) is 25.2. The number of amides is 4. The number of fused-ring (bicyclic) bond motifs is 1. The molecule has 2 aromatic rings. The minimum Gasteiger partial charge on any atom is -0.381 e. The number of nitrogens with one attached hydrogen (secondary N) is 2. The lowest BCUT2D eigenvalue weighted by atomic mass is 9.83. The first kappa shape index (κ1) is 31.9. The number of aliphatic hydroxyl groups is 1. The molecular weight excluding hydrogens is 562 g/mol. The molecule has 44 heavy (non-hydrogen) atoms. The quantitative estimate of drug-likeness (QED) is 0.288. The van der Waals surface area contributed by atoms with Crippen LogP contribution < -0.4 is 22.1 Å². The standard InChI is InChI=1S/C33H45N5O6/c34-25-19-27(31(42)37-33(28(39)29(35)40)13-6-15-44-16-14-33)38(20-25)32(43)26(17-21-7-2-1-3-8-21)36-30(41)24-12-11-22-9-4-5-10-23(22)18-24/h4-5,9-12,18,21,25-28,39H,1-3,6-8,13-17,19-20,34H2,(H2,35,40)(H,36,41)(H,37,42)/t25-,26+,27-,28?,33?/m0/s1. The smallest absolute Gasteiger partial charge is 0.251 e. The largest absolute Gasteiger partial charge is 0.381 e. The van der Waals surface area contributed by atoms with Crippen LogP contribution in [0.5, 0.6) is 0 Å². The van der Waals surface area contributed by atoms with Crippen molar-refractivity contribution in [2.75, 3.05) is 19.8 Å². The number of hydrogen-bond acceptors (Lipinski definition) is 7. The van der Waals surface area contributed by atoms with E-state index in [1.807, 2.05) is 36.4 Å². The number of ether oxygens (including phenoxy) is 1. The van der Waals surface area contributed by atoms with Gasteiger partial charge >= 0.3 is 0 Å². The van der Waals surface area contributed by atoms with Gasteiger partial charge in [0.2, 0.25) is 17.7 Å². The predicted molar refractivity (Wildman–Crippen MR) is 165 cm³/mol. The zero-order chi connectivity index (χ0) is 31.3. The zero-order valence-electron chi connectivity index (χ0n) is 25.2. The Labute approximate surface area is 258 Å². The van der Waals surface area contributed by atoms with E-state index in [0.29, 0.717) is 31.4 Å². The molecule has 5 atom stereocenters. The van der Waals surface area contributed by atoms with Crippen LogP contribution in [0, 0.1) is 5.92 Å². The average molecular weight is 608 g/mol. The van der Waals surface area contributed by atoms with Gasteiger partial charge in [0.25, 0.3) is 5.91 Å². The van der Waals surface area contributed by atoms with Gasteiger partial charge in [0.1, 0.15) is 12.1 Å². The first-order chi connectivity index (χ1) is 21.2. The predicted octanol–water partition coefficient (Wildman–Crippen LogP) is 1.74. The second-order valence-corrected chi connectivity index (χ2v) is 12.7. The number of carbonyl (C=O) groups excluding carboxylic acids is 4. The lowest BCUT2D eigenvalue weighted by Crippen LogP contribution is -2.64. The maximum Gasteiger partial charge on any atom is 0.251 e. The number of rotatable bonds is 9. The Morgan fingerprint density at radius 1 is 1.00 bits per heavy atom. The van der Waals surface area contributed by atoms with Crippen molar-refractivity contribution >= 4 is 34.4 Å². The monoisotopic (exact) mass is 607 g/mol. The molecule has 11 nitrogen and oxygen atoms in total. The van der Waals surface area contributed by atoms with Crippen LogP contribution in [0.15, 0.2) is 42.5 Å². The minimum absolute atomic E-state index is 0.151. The topological polar surface area (TPSA) is 177 Å². The van der Waals surface area contributed by atoms with E-state index in [0.717, 1.165) is 42.9 Å². The summed E-state index contributed by atoms with van der Waals surface area (Å²) in [6, 6.07) is 11.0. The molecule has 1 aliphatic carbocycles. The highest BCUT2D eigenvalue weighted by molar-refractivity contribution is 6.01. The summed E-state index contributed by atoms with van der Waals surface area (Å²) >= 11 is 0.